The van der Waals surface area contributed by atoms with Crippen LogP contribution in [0.2, 0.25) is 0 Å². The van der Waals surface area contributed by atoms with E-state index in [1.54, 1.807) is 12.5 Å². The largest absolute Gasteiger partial charge is 0.330 e. The number of aromatic nitrogens is 6. The highest BCUT2D eigenvalue weighted by Gasteiger charge is 2.15. The van der Waals surface area contributed by atoms with Crippen molar-refractivity contribution in [2.24, 2.45) is 0 Å². The summed E-state index contributed by atoms with van der Waals surface area (Å²) < 4.78 is 3.79. The topological polar surface area (TPSA) is 60.9 Å². The summed E-state index contributed by atoms with van der Waals surface area (Å²) in [6, 6.07) is 18.4. The van der Waals surface area contributed by atoms with Gasteiger partial charge in [0.1, 0.15) is 0 Å². The maximum atomic E-state index is 4.87. The van der Waals surface area contributed by atoms with E-state index in [1.807, 2.05) is 45.6 Å². The van der Waals surface area contributed by atoms with Crippen LogP contribution in [0.5, 0.6) is 0 Å². The molecule has 0 radical (unpaired) electrons. The Kier molecular flexibility index (Phi) is 3.06. The number of benzene rings is 2. The smallest absolute Gasteiger partial charge is 0.185 e. The molecule has 3 heterocycles. The fraction of sp³-hybridized carbons (Fsp3) is 0.0526. The second-order valence-electron chi connectivity index (χ2n) is 5.85. The average molecular weight is 326 g/mol. The van der Waals surface area contributed by atoms with Gasteiger partial charge in [0.05, 0.1) is 18.6 Å². The van der Waals surface area contributed by atoms with Crippen molar-refractivity contribution >= 4 is 16.4 Å². The van der Waals surface area contributed by atoms with Crippen LogP contribution < -0.4 is 0 Å². The lowest BCUT2D eigenvalue weighted by Crippen LogP contribution is -2.06. The van der Waals surface area contributed by atoms with E-state index in [-0.39, 0.29) is 0 Å². The summed E-state index contributed by atoms with van der Waals surface area (Å²) in [5.41, 5.74) is 2.77. The highest BCUT2D eigenvalue weighted by molar-refractivity contribution is 6.01. The number of imidazole rings is 1. The summed E-state index contributed by atoms with van der Waals surface area (Å²) >= 11 is 0. The summed E-state index contributed by atoms with van der Waals surface area (Å²) in [5, 5.41) is 15.7. The molecule has 2 aromatic carbocycles. The van der Waals surface area contributed by atoms with E-state index in [1.165, 1.54) is 0 Å². The van der Waals surface area contributed by atoms with E-state index in [0.717, 1.165) is 33.5 Å². The van der Waals surface area contributed by atoms with E-state index >= 15 is 0 Å². The second-order valence-corrected chi connectivity index (χ2v) is 5.85. The number of nitrogens with zero attached hydrogens (tertiary/aromatic N) is 6. The highest BCUT2D eigenvalue weighted by Crippen LogP contribution is 2.28. The van der Waals surface area contributed by atoms with Gasteiger partial charge in [0, 0.05) is 28.7 Å². The fourth-order valence-corrected chi connectivity index (χ4v) is 3.07. The molecule has 6 nitrogen and oxygen atoms in total. The van der Waals surface area contributed by atoms with Crippen molar-refractivity contribution in [1.82, 2.24) is 29.4 Å². The van der Waals surface area contributed by atoms with Gasteiger partial charge >= 0.3 is 0 Å². The molecule has 0 unspecified atom stereocenters. The minimum atomic E-state index is 0.570. The molecule has 120 valence electrons. The molecule has 0 atom stereocenters. The average Bonchev–Trinajstić information content (AvgIpc) is 3.32. The number of hydrogen-bond donors (Lipinski definition) is 0. The van der Waals surface area contributed by atoms with Crippen LogP contribution in [0.25, 0.3) is 27.7 Å². The van der Waals surface area contributed by atoms with E-state index < -0.39 is 0 Å². The van der Waals surface area contributed by atoms with Crippen LogP contribution in [0.3, 0.4) is 0 Å². The first-order chi connectivity index (χ1) is 12.4. The first-order valence-corrected chi connectivity index (χ1v) is 8.04. The Bertz CT molecular complexity index is 1160. The second kappa shape index (κ2) is 5.52. The van der Waals surface area contributed by atoms with Crippen LogP contribution in [0, 0.1) is 0 Å². The normalized spacial score (nSPS) is 11.4. The molecule has 0 bridgehead atoms. The van der Waals surface area contributed by atoms with Gasteiger partial charge in [-0.25, -0.2) is 4.98 Å². The van der Waals surface area contributed by atoms with E-state index in [4.69, 9.17) is 5.10 Å². The molecule has 0 saturated carbocycles. The Morgan fingerprint density at radius 2 is 1.64 bits per heavy atom. The summed E-state index contributed by atoms with van der Waals surface area (Å²) in [7, 11) is 0. The third kappa shape index (κ3) is 2.27. The number of rotatable bonds is 3. The zero-order valence-corrected chi connectivity index (χ0v) is 13.3. The van der Waals surface area contributed by atoms with Crippen molar-refractivity contribution in [3.63, 3.8) is 0 Å². The Morgan fingerprint density at radius 3 is 2.44 bits per heavy atom. The standard InChI is InChI=1S/C19H14N6/c1-2-6-14(7-3-1)18-15-8-4-5-9-16(15)19-22-21-17(25(19)23-18)12-24-11-10-20-13-24/h1-11,13H,12H2. The molecule has 0 fully saturated rings. The van der Waals surface area contributed by atoms with Crippen molar-refractivity contribution < 1.29 is 0 Å². The summed E-state index contributed by atoms with van der Waals surface area (Å²) in [4.78, 5) is 4.08. The predicted octanol–water partition coefficient (Wildman–Crippen LogP) is 3.19. The highest BCUT2D eigenvalue weighted by atomic mass is 15.4. The Morgan fingerprint density at radius 1 is 0.840 bits per heavy atom. The number of hydrogen-bond acceptors (Lipinski definition) is 4. The molecule has 3 aromatic heterocycles. The van der Waals surface area contributed by atoms with Gasteiger partial charge in [-0.3, -0.25) is 0 Å². The first kappa shape index (κ1) is 13.9. The molecular weight excluding hydrogens is 312 g/mol. The summed E-state index contributed by atoms with van der Waals surface area (Å²) in [6.45, 7) is 0.570. The van der Waals surface area contributed by atoms with Gasteiger partial charge in [0.2, 0.25) is 0 Å². The number of fused-ring (bicyclic) bond motifs is 3. The maximum Gasteiger partial charge on any atom is 0.185 e. The molecule has 0 aliphatic carbocycles. The van der Waals surface area contributed by atoms with Crippen molar-refractivity contribution in [3.05, 3.63) is 79.1 Å². The molecule has 0 N–H and O–H groups in total. The van der Waals surface area contributed by atoms with Crippen LogP contribution in [-0.2, 0) is 6.54 Å². The van der Waals surface area contributed by atoms with Gasteiger partial charge in [0.15, 0.2) is 11.5 Å². The van der Waals surface area contributed by atoms with Crippen molar-refractivity contribution in [3.8, 4) is 11.3 Å². The van der Waals surface area contributed by atoms with Crippen LogP contribution in [0.15, 0.2) is 73.3 Å². The van der Waals surface area contributed by atoms with E-state index in [2.05, 4.69) is 39.4 Å². The van der Waals surface area contributed by atoms with Crippen molar-refractivity contribution in [2.75, 3.05) is 0 Å². The molecule has 0 aliphatic rings. The predicted molar refractivity (Wildman–Crippen MR) is 95.1 cm³/mol. The molecule has 0 saturated heterocycles. The minimum absolute atomic E-state index is 0.570. The summed E-state index contributed by atoms with van der Waals surface area (Å²) in [5.74, 6) is 0.774. The molecular formula is C19H14N6. The SMILES string of the molecule is c1ccc(-c2nn3c(Cn4ccnc4)nnc3c3ccccc23)cc1. The lowest BCUT2D eigenvalue weighted by atomic mass is 10.1. The molecule has 5 rings (SSSR count). The monoisotopic (exact) mass is 326 g/mol. The van der Waals surface area contributed by atoms with E-state index in [0.29, 0.717) is 6.54 Å². The van der Waals surface area contributed by atoms with Gasteiger partial charge in [0.25, 0.3) is 0 Å². The molecule has 5 aromatic rings. The molecule has 0 spiro atoms. The summed E-state index contributed by atoms with van der Waals surface area (Å²) in [6.07, 6.45) is 5.42. The van der Waals surface area contributed by atoms with E-state index in [9.17, 15) is 0 Å². The van der Waals surface area contributed by atoms with Gasteiger partial charge in [-0.05, 0) is 0 Å². The zero-order chi connectivity index (χ0) is 16.6. The van der Waals surface area contributed by atoms with Crippen molar-refractivity contribution in [1.29, 1.82) is 0 Å². The third-order valence-electron chi connectivity index (χ3n) is 4.26. The zero-order valence-electron chi connectivity index (χ0n) is 13.3. The Labute approximate surface area is 143 Å². The maximum absolute atomic E-state index is 4.87. The fourth-order valence-electron chi connectivity index (χ4n) is 3.07. The van der Waals surface area contributed by atoms with Gasteiger partial charge in [-0.1, -0.05) is 54.6 Å². The molecule has 6 heteroatoms. The molecule has 0 amide bonds. The van der Waals surface area contributed by atoms with Gasteiger partial charge < -0.3 is 4.57 Å². The third-order valence-corrected chi connectivity index (χ3v) is 4.26. The van der Waals surface area contributed by atoms with Gasteiger partial charge in [-0.15, -0.1) is 10.2 Å². The Hall–Kier alpha value is -3.54. The Balaban J connectivity index is 1.80. The lowest BCUT2D eigenvalue weighted by Gasteiger charge is -2.08. The van der Waals surface area contributed by atoms with Crippen LogP contribution in [-0.4, -0.2) is 29.4 Å². The van der Waals surface area contributed by atoms with Crippen LogP contribution in [0.1, 0.15) is 5.82 Å². The molecule has 0 aliphatic heterocycles. The lowest BCUT2D eigenvalue weighted by molar-refractivity contribution is 0.708. The quantitative estimate of drug-likeness (QED) is 0.511. The first-order valence-electron chi connectivity index (χ1n) is 8.04. The van der Waals surface area contributed by atoms with Crippen LogP contribution >= 0.6 is 0 Å². The minimum Gasteiger partial charge on any atom is -0.330 e. The molecule has 25 heavy (non-hydrogen) atoms. The van der Waals surface area contributed by atoms with Crippen molar-refractivity contribution in [2.45, 2.75) is 6.54 Å². The van der Waals surface area contributed by atoms with Gasteiger partial charge in [-0.2, -0.15) is 9.61 Å². The van der Waals surface area contributed by atoms with Crippen LogP contribution in [0.4, 0.5) is 0 Å².